The van der Waals surface area contributed by atoms with Gasteiger partial charge in [0, 0.05) is 18.3 Å². The predicted octanol–water partition coefficient (Wildman–Crippen LogP) is 0.478. The number of hydrogen-bond acceptors (Lipinski definition) is 4. The Morgan fingerprint density at radius 1 is 1.00 bits per heavy atom. The molecule has 0 bridgehead atoms. The molecule has 0 aliphatic heterocycles. The number of rotatable bonds is 9. The summed E-state index contributed by atoms with van der Waals surface area (Å²) in [6.45, 7) is 2.19. The summed E-state index contributed by atoms with van der Waals surface area (Å²) in [4.78, 5) is 36.4. The van der Waals surface area contributed by atoms with E-state index in [1.54, 1.807) is 7.05 Å². The lowest BCUT2D eigenvalue weighted by Crippen LogP contribution is -2.42. The van der Waals surface area contributed by atoms with Crippen molar-refractivity contribution in [2.75, 3.05) is 38.5 Å². The van der Waals surface area contributed by atoms with Gasteiger partial charge in [-0.3, -0.25) is 19.3 Å². The molecule has 0 saturated carbocycles. The van der Waals surface area contributed by atoms with Gasteiger partial charge in [-0.15, -0.1) is 0 Å². The Kier molecular flexibility index (Phi) is 8.48. The van der Waals surface area contributed by atoms with Crippen LogP contribution in [0, 0.1) is 11.6 Å². The van der Waals surface area contributed by atoms with Crippen LogP contribution in [-0.2, 0) is 14.4 Å². The lowest BCUT2D eigenvalue weighted by Gasteiger charge is -2.15. The molecule has 0 saturated heterocycles. The third kappa shape index (κ3) is 8.20. The highest BCUT2D eigenvalue weighted by atomic mass is 19.2. The van der Waals surface area contributed by atoms with Gasteiger partial charge in [0.25, 0.3) is 0 Å². The zero-order valence-electron chi connectivity index (χ0n) is 14.2. The molecule has 0 fully saturated rings. The van der Waals surface area contributed by atoms with Crippen molar-refractivity contribution in [3.8, 4) is 0 Å². The maximum absolute atomic E-state index is 13.0. The van der Waals surface area contributed by atoms with Crippen molar-refractivity contribution in [3.05, 3.63) is 29.8 Å². The first-order valence-electron chi connectivity index (χ1n) is 7.78. The number of anilines is 1. The average Bonchev–Trinajstić information content (AvgIpc) is 2.54. The SMILES string of the molecule is CCCNC(=O)CN(C)CC(=O)NCC(=O)Nc1ccc(F)c(F)c1. The fourth-order valence-electron chi connectivity index (χ4n) is 1.88. The Labute approximate surface area is 144 Å². The molecule has 0 heterocycles. The molecule has 25 heavy (non-hydrogen) atoms. The smallest absolute Gasteiger partial charge is 0.243 e. The van der Waals surface area contributed by atoms with Crippen molar-refractivity contribution in [2.24, 2.45) is 0 Å². The Morgan fingerprint density at radius 3 is 2.24 bits per heavy atom. The highest BCUT2D eigenvalue weighted by Crippen LogP contribution is 2.12. The summed E-state index contributed by atoms with van der Waals surface area (Å²) >= 11 is 0. The quantitative estimate of drug-likeness (QED) is 0.600. The summed E-state index contributed by atoms with van der Waals surface area (Å²) in [5.74, 6) is -3.30. The second-order valence-electron chi connectivity index (χ2n) is 5.48. The Hall–Kier alpha value is -2.55. The van der Waals surface area contributed by atoms with Gasteiger partial charge in [-0.2, -0.15) is 0 Å². The molecule has 1 rings (SSSR count). The van der Waals surface area contributed by atoms with Crippen LogP contribution in [0.15, 0.2) is 18.2 Å². The summed E-state index contributed by atoms with van der Waals surface area (Å²) < 4.78 is 25.8. The van der Waals surface area contributed by atoms with E-state index >= 15 is 0 Å². The van der Waals surface area contributed by atoms with Crippen molar-refractivity contribution in [2.45, 2.75) is 13.3 Å². The molecule has 1 aromatic carbocycles. The number of carbonyl (C=O) groups excluding carboxylic acids is 3. The van der Waals surface area contributed by atoms with Crippen molar-refractivity contribution in [1.82, 2.24) is 15.5 Å². The van der Waals surface area contributed by atoms with E-state index in [2.05, 4.69) is 16.0 Å². The zero-order chi connectivity index (χ0) is 18.8. The van der Waals surface area contributed by atoms with E-state index in [-0.39, 0.29) is 31.2 Å². The number of nitrogens with zero attached hydrogens (tertiary/aromatic N) is 1. The highest BCUT2D eigenvalue weighted by molar-refractivity contribution is 5.94. The first-order chi connectivity index (χ1) is 11.8. The molecule has 9 heteroatoms. The van der Waals surface area contributed by atoms with Crippen LogP contribution in [0.2, 0.25) is 0 Å². The summed E-state index contributed by atoms with van der Waals surface area (Å²) in [6.07, 6.45) is 0.822. The van der Waals surface area contributed by atoms with Gasteiger partial charge < -0.3 is 16.0 Å². The van der Waals surface area contributed by atoms with E-state index < -0.39 is 23.4 Å². The Morgan fingerprint density at radius 2 is 1.64 bits per heavy atom. The average molecular weight is 356 g/mol. The molecule has 0 unspecified atom stereocenters. The van der Waals surface area contributed by atoms with Crippen LogP contribution in [0.4, 0.5) is 14.5 Å². The number of halogens is 2. The van der Waals surface area contributed by atoms with Crippen molar-refractivity contribution in [3.63, 3.8) is 0 Å². The number of hydrogen-bond donors (Lipinski definition) is 3. The molecule has 3 N–H and O–H groups in total. The van der Waals surface area contributed by atoms with Crippen molar-refractivity contribution in [1.29, 1.82) is 0 Å². The van der Waals surface area contributed by atoms with Crippen LogP contribution in [0.25, 0.3) is 0 Å². The van der Waals surface area contributed by atoms with Crippen molar-refractivity contribution >= 4 is 23.4 Å². The minimum atomic E-state index is -1.08. The maximum atomic E-state index is 13.0. The molecule has 7 nitrogen and oxygen atoms in total. The number of likely N-dealkylation sites (N-methyl/N-ethyl adjacent to an activating group) is 1. The lowest BCUT2D eigenvalue weighted by atomic mass is 10.3. The predicted molar refractivity (Wildman–Crippen MR) is 88.8 cm³/mol. The fourth-order valence-corrected chi connectivity index (χ4v) is 1.88. The summed E-state index contributed by atoms with van der Waals surface area (Å²) in [7, 11) is 1.60. The third-order valence-electron chi connectivity index (χ3n) is 3.05. The molecular weight excluding hydrogens is 334 g/mol. The van der Waals surface area contributed by atoms with Gasteiger partial charge >= 0.3 is 0 Å². The van der Waals surface area contributed by atoms with E-state index in [0.717, 1.165) is 18.6 Å². The Balaban J connectivity index is 2.31. The molecule has 138 valence electrons. The second-order valence-corrected chi connectivity index (χ2v) is 5.48. The highest BCUT2D eigenvalue weighted by Gasteiger charge is 2.12. The molecule has 0 aliphatic carbocycles. The molecule has 0 radical (unpaired) electrons. The van der Waals surface area contributed by atoms with E-state index in [0.29, 0.717) is 6.54 Å². The molecule has 1 aromatic rings. The van der Waals surface area contributed by atoms with Gasteiger partial charge in [0.1, 0.15) is 0 Å². The van der Waals surface area contributed by atoms with Crippen LogP contribution in [0.1, 0.15) is 13.3 Å². The van der Waals surface area contributed by atoms with Gasteiger partial charge in [0.2, 0.25) is 17.7 Å². The first-order valence-corrected chi connectivity index (χ1v) is 7.78. The maximum Gasteiger partial charge on any atom is 0.243 e. The molecule has 0 aliphatic rings. The minimum absolute atomic E-state index is 0.0575. The number of benzene rings is 1. The third-order valence-corrected chi connectivity index (χ3v) is 3.05. The number of nitrogens with one attached hydrogen (secondary N) is 3. The van der Waals surface area contributed by atoms with Crippen LogP contribution < -0.4 is 16.0 Å². The fraction of sp³-hybridized carbons (Fsp3) is 0.438. The van der Waals surface area contributed by atoms with Crippen molar-refractivity contribution < 1.29 is 23.2 Å². The zero-order valence-corrected chi connectivity index (χ0v) is 14.2. The van der Waals surface area contributed by atoms with E-state index in [1.165, 1.54) is 11.0 Å². The molecule has 0 aromatic heterocycles. The number of carbonyl (C=O) groups is 3. The summed E-state index contributed by atoms with van der Waals surface area (Å²) in [5, 5.41) is 7.41. The number of amides is 3. The second kappa shape index (κ2) is 10.3. The standard InChI is InChI=1S/C16H22F2N4O3/c1-3-6-19-15(24)9-22(2)10-16(25)20-8-14(23)21-11-4-5-12(17)13(18)7-11/h4-5,7H,3,6,8-10H2,1-2H3,(H,19,24)(H,20,25)(H,21,23). The van der Waals surface area contributed by atoms with Gasteiger partial charge in [-0.05, 0) is 25.6 Å². The molecule has 0 atom stereocenters. The minimum Gasteiger partial charge on any atom is -0.355 e. The Bertz CT molecular complexity index is 625. The first kappa shape index (κ1) is 20.5. The van der Waals surface area contributed by atoms with E-state index in [1.807, 2.05) is 6.92 Å². The van der Waals surface area contributed by atoms with Gasteiger partial charge in [0.05, 0.1) is 19.6 Å². The topological polar surface area (TPSA) is 90.5 Å². The van der Waals surface area contributed by atoms with Gasteiger partial charge in [0.15, 0.2) is 11.6 Å². The van der Waals surface area contributed by atoms with Crippen LogP contribution in [0.3, 0.4) is 0 Å². The largest absolute Gasteiger partial charge is 0.355 e. The molecular formula is C16H22F2N4O3. The molecule has 0 spiro atoms. The van der Waals surface area contributed by atoms with E-state index in [4.69, 9.17) is 0 Å². The van der Waals surface area contributed by atoms with Gasteiger partial charge in [-0.25, -0.2) is 8.78 Å². The summed E-state index contributed by atoms with van der Waals surface area (Å²) in [5.41, 5.74) is 0.0860. The monoisotopic (exact) mass is 356 g/mol. The van der Waals surface area contributed by atoms with E-state index in [9.17, 15) is 23.2 Å². The molecule has 3 amide bonds. The van der Waals surface area contributed by atoms with Crippen LogP contribution in [-0.4, -0.2) is 55.8 Å². The normalized spacial score (nSPS) is 10.4. The van der Waals surface area contributed by atoms with Crippen LogP contribution >= 0.6 is 0 Å². The van der Waals surface area contributed by atoms with Gasteiger partial charge in [-0.1, -0.05) is 6.92 Å². The van der Waals surface area contributed by atoms with Crippen LogP contribution in [0.5, 0.6) is 0 Å². The lowest BCUT2D eigenvalue weighted by molar-refractivity contribution is -0.126. The summed E-state index contributed by atoms with van der Waals surface area (Å²) in [6, 6.07) is 2.95.